The van der Waals surface area contributed by atoms with Gasteiger partial charge in [-0.25, -0.2) is 4.98 Å². The fourth-order valence-electron chi connectivity index (χ4n) is 4.66. The highest BCUT2D eigenvalue weighted by Crippen LogP contribution is 2.28. The van der Waals surface area contributed by atoms with Gasteiger partial charge in [0.15, 0.2) is 0 Å². The largest absolute Gasteiger partial charge is 0.481 e. The summed E-state index contributed by atoms with van der Waals surface area (Å²) in [4.78, 5) is 56.8. The minimum absolute atomic E-state index is 0.00286. The number of carbonyl (C=O) groups is 4. The predicted molar refractivity (Wildman–Crippen MR) is 160 cm³/mol. The van der Waals surface area contributed by atoms with Gasteiger partial charge < -0.3 is 35.2 Å². The SMILES string of the molecule is Cc1ncsc1-c1ccc(CNC(=O)C2C[C@@H](O)CN2C(=O)C(NC(=O)CCOCCOCCC(=O)O)C(C)(C)C)cc1. The maximum atomic E-state index is 13.7. The summed E-state index contributed by atoms with van der Waals surface area (Å²) >= 11 is 1.57. The second kappa shape index (κ2) is 15.9. The number of aliphatic carboxylic acids is 1. The molecular weight excluding hydrogens is 576 g/mol. The molecule has 2 heterocycles. The van der Waals surface area contributed by atoms with Crippen LogP contribution in [0.15, 0.2) is 29.8 Å². The molecule has 1 aromatic heterocycles. The van der Waals surface area contributed by atoms with Crippen molar-refractivity contribution in [2.24, 2.45) is 5.41 Å². The van der Waals surface area contributed by atoms with Crippen LogP contribution in [0.3, 0.4) is 0 Å². The number of hydrogen-bond acceptors (Lipinski definition) is 9. The third kappa shape index (κ3) is 10.4. The van der Waals surface area contributed by atoms with Gasteiger partial charge in [0, 0.05) is 25.9 Å². The Hall–Kier alpha value is -3.39. The number of thiazole rings is 1. The number of aryl methyl sites for hydroxylation is 1. The predicted octanol–water partition coefficient (Wildman–Crippen LogP) is 2.13. The molecule has 0 saturated carbocycles. The van der Waals surface area contributed by atoms with Crippen molar-refractivity contribution in [2.45, 2.75) is 71.7 Å². The van der Waals surface area contributed by atoms with Crippen LogP contribution in [0.25, 0.3) is 10.4 Å². The van der Waals surface area contributed by atoms with Crippen molar-refractivity contribution < 1.29 is 38.9 Å². The van der Waals surface area contributed by atoms with Crippen molar-refractivity contribution in [3.05, 3.63) is 41.0 Å². The number of aromatic nitrogens is 1. The first kappa shape index (κ1) is 34.1. The number of aliphatic hydroxyl groups is 1. The summed E-state index contributed by atoms with van der Waals surface area (Å²) in [5, 5.41) is 24.7. The summed E-state index contributed by atoms with van der Waals surface area (Å²) in [6.07, 6.45) is -0.843. The van der Waals surface area contributed by atoms with Crippen molar-refractivity contribution in [1.82, 2.24) is 20.5 Å². The molecule has 1 aliphatic rings. The number of rotatable bonds is 15. The molecular formula is C30H42N4O8S. The summed E-state index contributed by atoms with van der Waals surface area (Å²) in [6.45, 7) is 8.26. The van der Waals surface area contributed by atoms with Crippen LogP contribution < -0.4 is 10.6 Å². The van der Waals surface area contributed by atoms with Gasteiger partial charge in [-0.2, -0.15) is 0 Å². The second-order valence-electron chi connectivity index (χ2n) is 11.6. The van der Waals surface area contributed by atoms with E-state index in [0.29, 0.717) is 0 Å². The number of carbonyl (C=O) groups excluding carboxylic acids is 3. The summed E-state index contributed by atoms with van der Waals surface area (Å²) in [6, 6.07) is 6.03. The molecule has 2 unspecified atom stereocenters. The molecule has 236 valence electrons. The number of carboxylic acid groups (broad SMARTS) is 1. The van der Waals surface area contributed by atoms with Crippen LogP contribution in [0.2, 0.25) is 0 Å². The van der Waals surface area contributed by atoms with Crippen molar-refractivity contribution in [3.8, 4) is 10.4 Å². The maximum absolute atomic E-state index is 13.7. The highest BCUT2D eigenvalue weighted by molar-refractivity contribution is 7.13. The van der Waals surface area contributed by atoms with Crippen LogP contribution >= 0.6 is 11.3 Å². The molecule has 4 N–H and O–H groups in total. The molecule has 0 bridgehead atoms. The quantitative estimate of drug-likeness (QED) is 0.219. The summed E-state index contributed by atoms with van der Waals surface area (Å²) in [7, 11) is 0. The topological polar surface area (TPSA) is 167 Å². The second-order valence-corrected chi connectivity index (χ2v) is 12.4. The monoisotopic (exact) mass is 618 g/mol. The van der Waals surface area contributed by atoms with Gasteiger partial charge in [0.2, 0.25) is 17.7 Å². The molecule has 1 aromatic carbocycles. The molecule has 13 heteroatoms. The average molecular weight is 619 g/mol. The van der Waals surface area contributed by atoms with Gasteiger partial charge in [0.25, 0.3) is 0 Å². The van der Waals surface area contributed by atoms with Crippen molar-refractivity contribution in [3.63, 3.8) is 0 Å². The van der Waals surface area contributed by atoms with Crippen molar-refractivity contribution in [2.75, 3.05) is 33.0 Å². The van der Waals surface area contributed by atoms with E-state index < -0.39 is 41.4 Å². The van der Waals surface area contributed by atoms with E-state index in [0.717, 1.165) is 21.7 Å². The fourth-order valence-corrected chi connectivity index (χ4v) is 5.47. The summed E-state index contributed by atoms with van der Waals surface area (Å²) < 4.78 is 10.5. The van der Waals surface area contributed by atoms with Crippen LogP contribution in [0.1, 0.15) is 51.3 Å². The smallest absolute Gasteiger partial charge is 0.305 e. The lowest BCUT2D eigenvalue weighted by molar-refractivity contribution is -0.144. The Morgan fingerprint density at radius 1 is 1.07 bits per heavy atom. The molecule has 0 spiro atoms. The fraction of sp³-hybridized carbons (Fsp3) is 0.567. The van der Waals surface area contributed by atoms with E-state index in [-0.39, 0.29) is 64.7 Å². The molecule has 3 rings (SSSR count). The molecule has 43 heavy (non-hydrogen) atoms. The Balaban J connectivity index is 1.53. The minimum atomic E-state index is -0.944. The summed E-state index contributed by atoms with van der Waals surface area (Å²) in [5.41, 5.74) is 4.04. The zero-order valence-electron chi connectivity index (χ0n) is 25.1. The van der Waals surface area contributed by atoms with Gasteiger partial charge >= 0.3 is 5.97 Å². The molecule has 2 aromatic rings. The van der Waals surface area contributed by atoms with Crippen molar-refractivity contribution in [1.29, 1.82) is 0 Å². The Bertz CT molecular complexity index is 1240. The Labute approximate surface area is 255 Å². The molecule has 0 aliphatic carbocycles. The zero-order valence-corrected chi connectivity index (χ0v) is 25.9. The molecule has 3 amide bonds. The third-order valence-corrected chi connectivity index (χ3v) is 7.99. The van der Waals surface area contributed by atoms with Gasteiger partial charge in [-0.15, -0.1) is 11.3 Å². The molecule has 3 atom stereocenters. The number of hydrogen-bond donors (Lipinski definition) is 4. The number of benzene rings is 1. The minimum Gasteiger partial charge on any atom is -0.481 e. The molecule has 1 aliphatic heterocycles. The Morgan fingerprint density at radius 2 is 1.72 bits per heavy atom. The van der Waals surface area contributed by atoms with E-state index in [4.69, 9.17) is 14.6 Å². The van der Waals surface area contributed by atoms with E-state index in [1.165, 1.54) is 4.90 Å². The van der Waals surface area contributed by atoms with Crippen molar-refractivity contribution >= 4 is 35.0 Å². The van der Waals surface area contributed by atoms with Gasteiger partial charge in [0.1, 0.15) is 12.1 Å². The standard InChI is InChI=1S/C30H42N4O8S/c1-19-26(43-18-32-19)21-7-5-20(6-8-21)16-31-28(39)23-15-22(35)17-34(23)29(40)27(30(2,3)4)33-24(36)9-11-41-13-14-42-12-10-25(37)38/h5-8,18,22-23,27,35H,9-17H2,1-4H3,(H,31,39)(H,33,36)(H,37,38)/t22-,23?,27?/m1/s1. The van der Waals surface area contributed by atoms with Gasteiger partial charge in [-0.3, -0.25) is 19.2 Å². The number of likely N-dealkylation sites (tertiary alicyclic amines) is 1. The highest BCUT2D eigenvalue weighted by atomic mass is 32.1. The van der Waals surface area contributed by atoms with Crippen LogP contribution in [-0.2, 0) is 35.2 Å². The number of carboxylic acids is 1. The van der Waals surface area contributed by atoms with E-state index in [1.54, 1.807) is 16.8 Å². The van der Waals surface area contributed by atoms with Crippen LogP contribution in [0, 0.1) is 12.3 Å². The lowest BCUT2D eigenvalue weighted by Crippen LogP contribution is -2.57. The number of amides is 3. The maximum Gasteiger partial charge on any atom is 0.305 e. The summed E-state index contributed by atoms with van der Waals surface area (Å²) in [5.74, 6) is -2.14. The third-order valence-electron chi connectivity index (χ3n) is 7.02. The molecule has 1 saturated heterocycles. The number of aliphatic hydroxyl groups excluding tert-OH is 1. The average Bonchev–Trinajstić information content (AvgIpc) is 3.56. The van der Waals surface area contributed by atoms with Crippen LogP contribution in [-0.4, -0.2) is 94.9 Å². The van der Waals surface area contributed by atoms with Gasteiger partial charge in [-0.1, -0.05) is 45.0 Å². The first-order chi connectivity index (χ1) is 20.4. The Kier molecular flexibility index (Phi) is 12.6. The van der Waals surface area contributed by atoms with E-state index in [1.807, 2.05) is 52.0 Å². The first-order valence-corrected chi connectivity index (χ1v) is 15.2. The zero-order chi connectivity index (χ0) is 31.6. The van der Waals surface area contributed by atoms with Crippen LogP contribution in [0.5, 0.6) is 0 Å². The van der Waals surface area contributed by atoms with Gasteiger partial charge in [-0.05, 0) is 23.5 Å². The molecule has 0 radical (unpaired) electrons. The normalized spacial score (nSPS) is 17.5. The first-order valence-electron chi connectivity index (χ1n) is 14.3. The number of nitrogens with one attached hydrogen (secondary N) is 2. The number of β-amino-alcohol motifs (C(OH)–C–C–N with tert-alkyl or cyclic N) is 1. The van der Waals surface area contributed by atoms with Gasteiger partial charge in [0.05, 0.1) is 55.0 Å². The molecule has 1 fully saturated rings. The van der Waals surface area contributed by atoms with E-state index >= 15 is 0 Å². The van der Waals surface area contributed by atoms with E-state index in [9.17, 15) is 24.3 Å². The lowest BCUT2D eigenvalue weighted by Gasteiger charge is -2.35. The number of nitrogens with zero attached hydrogens (tertiary/aromatic N) is 2. The Morgan fingerprint density at radius 3 is 2.30 bits per heavy atom. The lowest BCUT2D eigenvalue weighted by atomic mass is 9.85. The highest BCUT2D eigenvalue weighted by Gasteiger charge is 2.44. The number of ether oxygens (including phenoxy) is 2. The van der Waals surface area contributed by atoms with Crippen LogP contribution in [0.4, 0.5) is 0 Å². The van der Waals surface area contributed by atoms with E-state index in [2.05, 4.69) is 15.6 Å². The molecule has 12 nitrogen and oxygen atoms in total.